The number of carbonyl (C=O) groups is 1. The Hall–Kier alpha value is -1.90. The highest BCUT2D eigenvalue weighted by molar-refractivity contribution is 5.78. The summed E-state index contributed by atoms with van der Waals surface area (Å²) in [5, 5.41) is 1.23. The van der Waals surface area contributed by atoms with Crippen LogP contribution >= 0.6 is 0 Å². The summed E-state index contributed by atoms with van der Waals surface area (Å²) in [4.78, 5) is 12.9. The van der Waals surface area contributed by atoms with E-state index in [4.69, 9.17) is 4.79 Å². The first-order valence-corrected chi connectivity index (χ1v) is 4.80. The number of hydrogen-bond acceptors (Lipinski definition) is 2. The summed E-state index contributed by atoms with van der Waals surface area (Å²) in [5.74, 6) is 0. The van der Waals surface area contributed by atoms with Gasteiger partial charge in [-0.25, -0.2) is 0 Å². The Labute approximate surface area is 88.9 Å². The zero-order valence-corrected chi connectivity index (χ0v) is 8.68. The Morgan fingerprint density at radius 1 is 1.40 bits per heavy atom. The summed E-state index contributed by atoms with van der Waals surface area (Å²) in [7, 11) is 0. The Kier molecular flexibility index (Phi) is 4.29. The van der Waals surface area contributed by atoms with E-state index in [-0.39, 0.29) is 6.41 Å². The Morgan fingerprint density at radius 3 is 2.73 bits per heavy atom. The van der Waals surface area contributed by atoms with E-state index in [9.17, 15) is 0 Å². The first-order valence-electron chi connectivity index (χ1n) is 4.80. The first-order chi connectivity index (χ1) is 7.31. The molecule has 3 heteroatoms. The standard InChI is InChI=1S/C11H11N.CH3NO/c1-2-9-7-10-5-3-4-6-11(10)12-8-9;2-1-3/h3-8H,2H2,1H3;1H,(H2,2,3). The fourth-order valence-electron chi connectivity index (χ4n) is 1.31. The van der Waals surface area contributed by atoms with Crippen molar-refractivity contribution in [2.24, 2.45) is 5.73 Å². The first kappa shape index (κ1) is 11.2. The smallest absolute Gasteiger partial charge is 0.204 e. The summed E-state index contributed by atoms with van der Waals surface area (Å²) >= 11 is 0. The summed E-state index contributed by atoms with van der Waals surface area (Å²) in [6, 6.07) is 10.4. The number of benzene rings is 1. The number of aryl methyl sites for hydroxylation is 1. The van der Waals surface area contributed by atoms with E-state index in [2.05, 4.69) is 29.8 Å². The molecule has 1 aromatic carbocycles. The molecule has 0 aliphatic carbocycles. The highest BCUT2D eigenvalue weighted by Crippen LogP contribution is 2.12. The third-order valence-electron chi connectivity index (χ3n) is 2.06. The maximum atomic E-state index is 8.58. The molecule has 0 radical (unpaired) electrons. The lowest BCUT2D eigenvalue weighted by Gasteiger charge is -1.98. The third kappa shape index (κ3) is 3.06. The molecule has 0 unspecified atom stereocenters. The number of aromatic nitrogens is 1. The predicted molar refractivity (Wildman–Crippen MR) is 61.4 cm³/mol. The number of rotatable bonds is 1. The molecule has 0 saturated carbocycles. The number of pyridine rings is 1. The van der Waals surface area contributed by atoms with Gasteiger partial charge in [-0.2, -0.15) is 0 Å². The normalized spacial score (nSPS) is 9.13. The number of amides is 1. The molecule has 0 saturated heterocycles. The molecule has 0 aliphatic heterocycles. The number of primary amides is 1. The molecule has 78 valence electrons. The van der Waals surface area contributed by atoms with Crippen LogP contribution in [0.3, 0.4) is 0 Å². The molecule has 0 fully saturated rings. The van der Waals surface area contributed by atoms with Crippen LogP contribution in [0.4, 0.5) is 0 Å². The van der Waals surface area contributed by atoms with Crippen molar-refractivity contribution in [3.05, 3.63) is 42.1 Å². The molecular formula is C12H14N2O. The van der Waals surface area contributed by atoms with E-state index < -0.39 is 0 Å². The van der Waals surface area contributed by atoms with Crippen LogP contribution in [0.1, 0.15) is 12.5 Å². The highest BCUT2D eigenvalue weighted by Gasteiger charge is 1.93. The van der Waals surface area contributed by atoms with Crippen molar-refractivity contribution in [2.75, 3.05) is 0 Å². The molecule has 1 heterocycles. The Balaban J connectivity index is 0.000000337. The number of carbonyl (C=O) groups excluding carboxylic acids is 1. The van der Waals surface area contributed by atoms with Crippen molar-refractivity contribution < 1.29 is 4.79 Å². The average molecular weight is 202 g/mol. The molecule has 0 atom stereocenters. The minimum absolute atomic E-state index is 0.250. The zero-order chi connectivity index (χ0) is 11.1. The van der Waals surface area contributed by atoms with Crippen LogP contribution in [0.25, 0.3) is 10.9 Å². The number of fused-ring (bicyclic) bond motifs is 1. The minimum atomic E-state index is 0.250. The van der Waals surface area contributed by atoms with Crippen molar-refractivity contribution in [1.29, 1.82) is 0 Å². The number of nitrogens with zero attached hydrogens (tertiary/aromatic N) is 1. The quantitative estimate of drug-likeness (QED) is 0.718. The van der Waals surface area contributed by atoms with Crippen LogP contribution < -0.4 is 5.73 Å². The average Bonchev–Trinajstić information content (AvgIpc) is 2.29. The molecule has 2 N–H and O–H groups in total. The van der Waals surface area contributed by atoms with Crippen LogP contribution in [-0.2, 0) is 11.2 Å². The molecule has 0 spiro atoms. The van der Waals surface area contributed by atoms with E-state index in [1.165, 1.54) is 10.9 Å². The second-order valence-corrected chi connectivity index (χ2v) is 3.03. The maximum absolute atomic E-state index is 8.58. The Morgan fingerprint density at radius 2 is 2.07 bits per heavy atom. The number of hydrogen-bond donors (Lipinski definition) is 1. The van der Waals surface area contributed by atoms with Gasteiger partial charge >= 0.3 is 0 Å². The molecule has 2 aromatic rings. The fraction of sp³-hybridized carbons (Fsp3) is 0.167. The number of nitrogens with two attached hydrogens (primary N) is 1. The lowest BCUT2D eigenvalue weighted by Crippen LogP contribution is -1.83. The molecule has 1 amide bonds. The second-order valence-electron chi connectivity index (χ2n) is 3.03. The maximum Gasteiger partial charge on any atom is 0.204 e. The summed E-state index contributed by atoms with van der Waals surface area (Å²) in [6.45, 7) is 2.14. The van der Waals surface area contributed by atoms with E-state index in [0.29, 0.717) is 0 Å². The van der Waals surface area contributed by atoms with Crippen LogP contribution in [0.15, 0.2) is 36.5 Å². The second kappa shape index (κ2) is 5.75. The van der Waals surface area contributed by atoms with Crippen LogP contribution in [0, 0.1) is 0 Å². The van der Waals surface area contributed by atoms with Crippen LogP contribution in [0.5, 0.6) is 0 Å². The highest BCUT2D eigenvalue weighted by atomic mass is 16.1. The van der Waals surface area contributed by atoms with Crippen LogP contribution in [0.2, 0.25) is 0 Å². The fourth-order valence-corrected chi connectivity index (χ4v) is 1.31. The van der Waals surface area contributed by atoms with Gasteiger partial charge in [0.2, 0.25) is 6.41 Å². The molecule has 0 bridgehead atoms. The van der Waals surface area contributed by atoms with Gasteiger partial charge in [0.1, 0.15) is 0 Å². The van der Waals surface area contributed by atoms with Gasteiger partial charge in [-0.1, -0.05) is 25.1 Å². The largest absolute Gasteiger partial charge is 0.372 e. The molecular weight excluding hydrogens is 188 g/mol. The third-order valence-corrected chi connectivity index (χ3v) is 2.06. The SMILES string of the molecule is CCc1cnc2ccccc2c1.NC=O. The lowest BCUT2D eigenvalue weighted by molar-refractivity contribution is -0.106. The van der Waals surface area contributed by atoms with E-state index >= 15 is 0 Å². The van der Waals surface area contributed by atoms with E-state index in [1.54, 1.807) is 0 Å². The summed E-state index contributed by atoms with van der Waals surface area (Å²) < 4.78 is 0. The van der Waals surface area contributed by atoms with Crippen LogP contribution in [-0.4, -0.2) is 11.4 Å². The van der Waals surface area contributed by atoms with Crippen molar-refractivity contribution in [1.82, 2.24) is 4.98 Å². The molecule has 2 rings (SSSR count). The molecule has 3 nitrogen and oxygen atoms in total. The van der Waals surface area contributed by atoms with Gasteiger partial charge < -0.3 is 5.73 Å². The van der Waals surface area contributed by atoms with E-state index in [0.717, 1.165) is 11.9 Å². The monoisotopic (exact) mass is 202 g/mol. The van der Waals surface area contributed by atoms with Crippen molar-refractivity contribution in [3.8, 4) is 0 Å². The molecule has 0 aliphatic rings. The van der Waals surface area contributed by atoms with E-state index in [1.807, 2.05) is 24.4 Å². The van der Waals surface area contributed by atoms with Gasteiger partial charge in [-0.15, -0.1) is 0 Å². The molecule has 1 aromatic heterocycles. The van der Waals surface area contributed by atoms with Gasteiger partial charge in [0.25, 0.3) is 0 Å². The molecule has 15 heavy (non-hydrogen) atoms. The predicted octanol–water partition coefficient (Wildman–Crippen LogP) is 1.90. The summed E-state index contributed by atoms with van der Waals surface area (Å²) in [5.41, 5.74) is 6.54. The number of para-hydroxylation sites is 1. The lowest BCUT2D eigenvalue weighted by atomic mass is 10.1. The van der Waals surface area contributed by atoms with Crippen molar-refractivity contribution in [3.63, 3.8) is 0 Å². The zero-order valence-electron chi connectivity index (χ0n) is 8.68. The van der Waals surface area contributed by atoms with Gasteiger partial charge in [0.05, 0.1) is 5.52 Å². The summed E-state index contributed by atoms with van der Waals surface area (Å²) in [6.07, 6.45) is 3.25. The topological polar surface area (TPSA) is 56.0 Å². The van der Waals surface area contributed by atoms with Gasteiger partial charge in [-0.05, 0) is 24.1 Å². The van der Waals surface area contributed by atoms with Gasteiger partial charge in [0, 0.05) is 11.6 Å². The Bertz CT molecular complexity index is 440. The van der Waals surface area contributed by atoms with Crippen molar-refractivity contribution in [2.45, 2.75) is 13.3 Å². The minimum Gasteiger partial charge on any atom is -0.372 e. The van der Waals surface area contributed by atoms with Gasteiger partial charge in [0.15, 0.2) is 0 Å². The van der Waals surface area contributed by atoms with Crippen molar-refractivity contribution >= 4 is 17.3 Å². The van der Waals surface area contributed by atoms with Gasteiger partial charge in [-0.3, -0.25) is 9.78 Å².